The second-order valence-corrected chi connectivity index (χ2v) is 1.57. The third-order valence-corrected chi connectivity index (χ3v) is 0.764. The number of hydrogen-bond donors (Lipinski definition) is 0. The summed E-state index contributed by atoms with van der Waals surface area (Å²) >= 11 is 0. The first-order chi connectivity index (χ1) is 4.91. The molecule has 0 fully saturated rings. The highest BCUT2D eigenvalue weighted by atomic mass is 17.7. The van der Waals surface area contributed by atoms with Gasteiger partial charge in [0.2, 0.25) is 0 Å². The molecule has 0 saturated heterocycles. The number of hydrogen-bond acceptors (Lipinski definition) is 4. The molecule has 0 N–H and O–H groups in total. The normalized spacial score (nSPS) is 9.30. The third-order valence-electron chi connectivity index (χ3n) is 0.764. The molecule has 0 aromatic carbocycles. The molecule has 0 spiro atoms. The molecule has 60 valence electrons. The minimum Gasteiger partial charge on any atom is -0.315 e. The van der Waals surface area contributed by atoms with Crippen molar-refractivity contribution in [2.24, 2.45) is 0 Å². The summed E-state index contributed by atoms with van der Waals surface area (Å²) < 4.78 is 0. The van der Waals surface area contributed by atoms with Crippen molar-refractivity contribution in [2.45, 2.75) is 19.8 Å². The van der Waals surface area contributed by atoms with E-state index in [1.165, 1.54) is 0 Å². The Morgan fingerprint density at radius 1 is 1.40 bits per heavy atom. The van der Waals surface area contributed by atoms with Crippen LogP contribution in [-0.4, -0.2) is 6.61 Å². The van der Waals surface area contributed by atoms with E-state index in [0.717, 1.165) is 19.1 Å². The Balaban J connectivity index is 2.70. The summed E-state index contributed by atoms with van der Waals surface area (Å²) in [4.78, 5) is 8.61. The van der Waals surface area contributed by atoms with Crippen LogP contribution in [0.4, 0.5) is 0 Å². The molecule has 0 aromatic heterocycles. The molecule has 0 aliphatic rings. The van der Waals surface area contributed by atoms with Gasteiger partial charge in [-0.3, -0.25) is 0 Å². The molecule has 0 aromatic rings. The molecule has 4 nitrogen and oxygen atoms in total. The average molecular weight is 148 g/mol. The van der Waals surface area contributed by atoms with Crippen LogP contribution in [0.5, 0.6) is 0 Å². The van der Waals surface area contributed by atoms with Gasteiger partial charge in [0, 0.05) is 5.04 Å². The van der Waals surface area contributed by atoms with Gasteiger partial charge in [-0.25, -0.2) is 4.89 Å². The molecule has 0 amide bonds. The molecule has 0 radical (unpaired) electrons. The van der Waals surface area contributed by atoms with Crippen molar-refractivity contribution in [3.8, 4) is 0 Å². The number of rotatable bonds is 7. The van der Waals surface area contributed by atoms with Gasteiger partial charge in [0.1, 0.15) is 6.26 Å². The van der Waals surface area contributed by atoms with Gasteiger partial charge in [0.15, 0.2) is 0 Å². The van der Waals surface area contributed by atoms with Gasteiger partial charge < -0.3 is 4.89 Å². The largest absolute Gasteiger partial charge is 0.315 e. The summed E-state index contributed by atoms with van der Waals surface area (Å²) in [7, 11) is 0. The van der Waals surface area contributed by atoms with Crippen molar-refractivity contribution in [1.82, 2.24) is 0 Å². The van der Waals surface area contributed by atoms with Crippen molar-refractivity contribution in [2.75, 3.05) is 6.61 Å². The maximum absolute atomic E-state index is 4.48. The Labute approximate surface area is 60.1 Å². The van der Waals surface area contributed by atoms with E-state index in [-0.39, 0.29) is 0 Å². The van der Waals surface area contributed by atoms with Crippen molar-refractivity contribution < 1.29 is 19.9 Å². The van der Waals surface area contributed by atoms with Gasteiger partial charge in [0.25, 0.3) is 0 Å². The molecule has 0 heterocycles. The van der Waals surface area contributed by atoms with E-state index in [4.69, 9.17) is 0 Å². The fourth-order valence-electron chi connectivity index (χ4n) is 0.301. The van der Waals surface area contributed by atoms with E-state index < -0.39 is 0 Å². The molecule has 0 atom stereocenters. The minimum absolute atomic E-state index is 0.497. The number of unbranched alkanes of at least 4 members (excludes halogenated alkanes) is 1. The van der Waals surface area contributed by atoms with Gasteiger partial charge in [-0.05, 0) is 11.5 Å². The summed E-state index contributed by atoms with van der Waals surface area (Å²) in [5.41, 5.74) is 0. The predicted octanol–water partition coefficient (Wildman–Crippen LogP) is 1.74. The lowest BCUT2D eigenvalue weighted by molar-refractivity contribution is -0.621. The summed E-state index contributed by atoms with van der Waals surface area (Å²) in [5.74, 6) is 0. The fourth-order valence-corrected chi connectivity index (χ4v) is 0.301. The Morgan fingerprint density at radius 2 is 2.20 bits per heavy atom. The molecule has 10 heavy (non-hydrogen) atoms. The molecular formula is C6H12O4. The van der Waals surface area contributed by atoms with Crippen LogP contribution < -0.4 is 0 Å². The zero-order chi connectivity index (χ0) is 7.66. The lowest BCUT2D eigenvalue weighted by atomic mass is 10.4. The minimum atomic E-state index is 0.497. The molecule has 0 bridgehead atoms. The van der Waals surface area contributed by atoms with Crippen molar-refractivity contribution in [3.63, 3.8) is 0 Å². The van der Waals surface area contributed by atoms with Crippen LogP contribution in [0.25, 0.3) is 0 Å². The van der Waals surface area contributed by atoms with Crippen molar-refractivity contribution in [1.29, 1.82) is 0 Å². The van der Waals surface area contributed by atoms with Gasteiger partial charge in [-0.15, -0.1) is 0 Å². The lowest BCUT2D eigenvalue weighted by Crippen LogP contribution is -1.96. The summed E-state index contributed by atoms with van der Waals surface area (Å²) in [5, 5.41) is 8.07. The van der Waals surface area contributed by atoms with Gasteiger partial charge >= 0.3 is 0 Å². The Bertz CT molecular complexity index is 74.1. The first kappa shape index (κ1) is 9.42. The molecule has 0 saturated carbocycles. The van der Waals surface area contributed by atoms with Crippen LogP contribution in [0, 0.1) is 0 Å². The van der Waals surface area contributed by atoms with Crippen LogP contribution in [-0.2, 0) is 19.9 Å². The smallest absolute Gasteiger partial charge is 0.125 e. The van der Waals surface area contributed by atoms with Crippen molar-refractivity contribution >= 4 is 0 Å². The first-order valence-corrected chi connectivity index (χ1v) is 3.14. The van der Waals surface area contributed by atoms with Crippen LogP contribution in [0.15, 0.2) is 12.8 Å². The van der Waals surface area contributed by atoms with Crippen LogP contribution in [0.3, 0.4) is 0 Å². The molecule has 0 aliphatic carbocycles. The van der Waals surface area contributed by atoms with Crippen LogP contribution >= 0.6 is 0 Å². The molecular weight excluding hydrogens is 136 g/mol. The van der Waals surface area contributed by atoms with Gasteiger partial charge in [0.05, 0.1) is 6.61 Å². The fraction of sp³-hybridized carbons (Fsp3) is 0.667. The molecule has 0 unspecified atom stereocenters. The maximum atomic E-state index is 4.48. The summed E-state index contributed by atoms with van der Waals surface area (Å²) in [6.45, 7) is 5.75. The SMILES string of the molecule is C=COOOOCCCC. The summed E-state index contributed by atoms with van der Waals surface area (Å²) in [6, 6.07) is 0. The average Bonchev–Trinajstić information content (AvgIpc) is 1.97. The molecule has 0 rings (SSSR count). The Hall–Kier alpha value is -0.580. The van der Waals surface area contributed by atoms with E-state index in [2.05, 4.69) is 26.4 Å². The highest BCUT2D eigenvalue weighted by Gasteiger charge is 1.86. The van der Waals surface area contributed by atoms with E-state index in [1.54, 1.807) is 0 Å². The quantitative estimate of drug-likeness (QED) is 0.238. The molecule has 4 heteroatoms. The Kier molecular flexibility index (Phi) is 7.93. The lowest BCUT2D eigenvalue weighted by Gasteiger charge is -1.97. The van der Waals surface area contributed by atoms with E-state index in [1.807, 2.05) is 6.92 Å². The highest BCUT2D eigenvalue weighted by Crippen LogP contribution is 1.89. The zero-order valence-corrected chi connectivity index (χ0v) is 6.04. The van der Waals surface area contributed by atoms with Crippen molar-refractivity contribution in [3.05, 3.63) is 12.8 Å². The third kappa shape index (κ3) is 7.42. The topological polar surface area (TPSA) is 36.9 Å². The highest BCUT2D eigenvalue weighted by molar-refractivity contribution is 4.41. The standard InChI is InChI=1S/C6H12O4/c1-3-5-6-8-10-9-7-4-2/h4H,2-3,5-6H2,1H3. The second-order valence-electron chi connectivity index (χ2n) is 1.57. The van der Waals surface area contributed by atoms with Gasteiger partial charge in [-0.2, -0.15) is 0 Å². The predicted molar refractivity (Wildman–Crippen MR) is 34.3 cm³/mol. The van der Waals surface area contributed by atoms with E-state index >= 15 is 0 Å². The molecule has 0 aliphatic heterocycles. The van der Waals surface area contributed by atoms with E-state index in [9.17, 15) is 0 Å². The van der Waals surface area contributed by atoms with Crippen LogP contribution in [0.2, 0.25) is 0 Å². The van der Waals surface area contributed by atoms with Gasteiger partial charge in [-0.1, -0.05) is 19.9 Å². The zero-order valence-electron chi connectivity index (χ0n) is 6.04. The second kappa shape index (κ2) is 8.42. The van der Waals surface area contributed by atoms with Crippen LogP contribution in [0.1, 0.15) is 19.8 Å². The van der Waals surface area contributed by atoms with E-state index in [0.29, 0.717) is 6.61 Å². The maximum Gasteiger partial charge on any atom is 0.125 e. The first-order valence-electron chi connectivity index (χ1n) is 3.14. The summed E-state index contributed by atoms with van der Waals surface area (Å²) in [6.07, 6.45) is 3.06. The Morgan fingerprint density at radius 3 is 2.80 bits per heavy atom. The monoisotopic (exact) mass is 148 g/mol.